The fourth-order valence-electron chi connectivity index (χ4n) is 3.35. The molecule has 0 spiro atoms. The van der Waals surface area contributed by atoms with Crippen molar-refractivity contribution in [2.45, 2.75) is 11.4 Å². The van der Waals surface area contributed by atoms with Gasteiger partial charge in [0, 0.05) is 16.8 Å². The molecule has 1 aromatic heterocycles. The molecule has 168 valence electrons. The number of methoxy groups -OCH3 is 1. The first-order valence-electron chi connectivity index (χ1n) is 10.0. The lowest BCUT2D eigenvalue weighted by Gasteiger charge is -2.10. The topological polar surface area (TPSA) is 116 Å². The molecule has 33 heavy (non-hydrogen) atoms. The number of aromatic nitrogens is 2. The molecule has 1 heterocycles. The monoisotopic (exact) mass is 462 g/mol. The van der Waals surface area contributed by atoms with Gasteiger partial charge in [-0.25, -0.2) is 13.6 Å². The maximum atomic E-state index is 12.8. The number of hydrogen-bond acceptors (Lipinski definition) is 5. The van der Waals surface area contributed by atoms with Gasteiger partial charge in [-0.3, -0.25) is 9.48 Å². The highest BCUT2D eigenvalue weighted by Gasteiger charge is 2.15. The molecular formula is C24H22N4O4S. The second kappa shape index (κ2) is 9.27. The van der Waals surface area contributed by atoms with Crippen molar-refractivity contribution in [3.8, 4) is 28.3 Å². The molecule has 1 amide bonds. The minimum absolute atomic E-state index is 0.0260. The number of nitrogens with one attached hydrogen (secondary N) is 1. The summed E-state index contributed by atoms with van der Waals surface area (Å²) < 4.78 is 29.7. The lowest BCUT2D eigenvalue weighted by molar-refractivity contribution is -0.116. The van der Waals surface area contributed by atoms with E-state index in [4.69, 9.17) is 9.88 Å². The van der Waals surface area contributed by atoms with Crippen LogP contribution in [0, 0.1) is 0 Å². The Hall–Kier alpha value is -3.95. The second-order valence-corrected chi connectivity index (χ2v) is 8.85. The van der Waals surface area contributed by atoms with Gasteiger partial charge in [0.2, 0.25) is 15.9 Å². The van der Waals surface area contributed by atoms with Crippen LogP contribution in [0.4, 0.5) is 5.69 Å². The Balaban J connectivity index is 1.61. The van der Waals surface area contributed by atoms with E-state index in [1.807, 2.05) is 60.7 Å². The number of nitrogens with zero attached hydrogens (tertiary/aromatic N) is 2. The lowest BCUT2D eigenvalue weighted by Crippen LogP contribution is -2.20. The van der Waals surface area contributed by atoms with Crippen LogP contribution < -0.4 is 15.2 Å². The van der Waals surface area contributed by atoms with Gasteiger partial charge in [0.1, 0.15) is 12.3 Å². The van der Waals surface area contributed by atoms with E-state index in [0.29, 0.717) is 5.69 Å². The zero-order valence-corrected chi connectivity index (χ0v) is 18.6. The standard InChI is InChI=1S/C24H22N4O4S/c1-32-20-11-7-18(8-12-20)23-15-22(17-5-3-2-4-6-17)27-28(23)16-24(29)26-19-9-13-21(14-10-19)33(25,30)31/h2-15H,16H2,1H3,(H,26,29)(H2,25,30,31). The number of amides is 1. The highest BCUT2D eigenvalue weighted by molar-refractivity contribution is 7.89. The molecule has 3 N–H and O–H groups in total. The van der Waals surface area contributed by atoms with Gasteiger partial charge in [0.25, 0.3) is 0 Å². The summed E-state index contributed by atoms with van der Waals surface area (Å²) in [6.45, 7) is -0.0366. The van der Waals surface area contributed by atoms with Crippen molar-refractivity contribution in [3.05, 3.63) is 84.9 Å². The number of nitrogens with two attached hydrogens (primary N) is 1. The average Bonchev–Trinajstić information content (AvgIpc) is 3.23. The normalized spacial score (nSPS) is 11.2. The molecule has 0 radical (unpaired) electrons. The largest absolute Gasteiger partial charge is 0.497 e. The first kappa shape index (κ1) is 22.3. The van der Waals surface area contributed by atoms with Crippen LogP contribution in [0.5, 0.6) is 5.75 Å². The number of benzene rings is 3. The summed E-state index contributed by atoms with van der Waals surface area (Å²) in [6.07, 6.45) is 0. The van der Waals surface area contributed by atoms with Gasteiger partial charge >= 0.3 is 0 Å². The van der Waals surface area contributed by atoms with E-state index < -0.39 is 10.0 Å². The Kier molecular flexibility index (Phi) is 6.25. The highest BCUT2D eigenvalue weighted by Crippen LogP contribution is 2.28. The van der Waals surface area contributed by atoms with Crippen molar-refractivity contribution in [2.75, 3.05) is 12.4 Å². The Morgan fingerprint density at radius 3 is 2.24 bits per heavy atom. The van der Waals surface area contributed by atoms with Crippen molar-refractivity contribution < 1.29 is 17.9 Å². The van der Waals surface area contributed by atoms with E-state index in [0.717, 1.165) is 28.3 Å². The maximum Gasteiger partial charge on any atom is 0.246 e. The molecule has 4 rings (SSSR count). The Labute approximate surface area is 191 Å². The van der Waals surface area contributed by atoms with Gasteiger partial charge in [-0.2, -0.15) is 5.10 Å². The fraction of sp³-hybridized carbons (Fsp3) is 0.0833. The van der Waals surface area contributed by atoms with Gasteiger partial charge in [-0.05, 0) is 54.6 Å². The third-order valence-corrected chi connectivity index (χ3v) is 5.92. The third-order valence-electron chi connectivity index (χ3n) is 5.00. The molecule has 0 aliphatic carbocycles. The minimum atomic E-state index is -3.80. The van der Waals surface area contributed by atoms with E-state index >= 15 is 0 Å². The molecule has 9 heteroatoms. The smallest absolute Gasteiger partial charge is 0.246 e. The Morgan fingerprint density at radius 1 is 0.970 bits per heavy atom. The van der Waals surface area contributed by atoms with Crippen molar-refractivity contribution >= 4 is 21.6 Å². The summed E-state index contributed by atoms with van der Waals surface area (Å²) in [5, 5.41) is 12.5. The molecule has 0 bridgehead atoms. The van der Waals surface area contributed by atoms with Crippen molar-refractivity contribution in [3.63, 3.8) is 0 Å². The van der Waals surface area contributed by atoms with E-state index in [9.17, 15) is 13.2 Å². The maximum absolute atomic E-state index is 12.8. The van der Waals surface area contributed by atoms with Crippen LogP contribution >= 0.6 is 0 Å². The number of primary sulfonamides is 1. The van der Waals surface area contributed by atoms with Crippen LogP contribution in [0.25, 0.3) is 22.5 Å². The number of hydrogen-bond donors (Lipinski definition) is 2. The number of anilines is 1. The number of sulfonamides is 1. The van der Waals surface area contributed by atoms with E-state index in [-0.39, 0.29) is 17.3 Å². The molecule has 0 saturated carbocycles. The van der Waals surface area contributed by atoms with Crippen LogP contribution in [-0.2, 0) is 21.4 Å². The number of carbonyl (C=O) groups is 1. The number of rotatable bonds is 7. The quantitative estimate of drug-likeness (QED) is 0.436. The molecule has 3 aromatic carbocycles. The second-order valence-electron chi connectivity index (χ2n) is 7.28. The summed E-state index contributed by atoms with van der Waals surface area (Å²) in [4.78, 5) is 12.7. The molecule has 0 aliphatic heterocycles. The molecule has 0 saturated heterocycles. The summed E-state index contributed by atoms with van der Waals surface area (Å²) in [5.74, 6) is 0.421. The van der Waals surface area contributed by atoms with Crippen LogP contribution in [0.3, 0.4) is 0 Å². The van der Waals surface area contributed by atoms with Crippen LogP contribution in [-0.4, -0.2) is 31.2 Å². The fourth-order valence-corrected chi connectivity index (χ4v) is 3.86. The summed E-state index contributed by atoms with van der Waals surface area (Å²) in [7, 11) is -2.19. The minimum Gasteiger partial charge on any atom is -0.497 e. The van der Waals surface area contributed by atoms with Crippen LogP contribution in [0.1, 0.15) is 0 Å². The first-order valence-corrected chi connectivity index (χ1v) is 11.6. The predicted octanol–water partition coefficient (Wildman–Crippen LogP) is 3.51. The SMILES string of the molecule is COc1ccc(-c2cc(-c3ccccc3)nn2CC(=O)Nc2ccc(S(N)(=O)=O)cc2)cc1. The zero-order chi connectivity index (χ0) is 23.4. The predicted molar refractivity (Wildman–Crippen MR) is 126 cm³/mol. The van der Waals surface area contributed by atoms with Crippen molar-refractivity contribution in [2.24, 2.45) is 5.14 Å². The molecule has 0 unspecified atom stereocenters. The molecule has 0 atom stereocenters. The zero-order valence-electron chi connectivity index (χ0n) is 17.8. The molecule has 4 aromatic rings. The molecular weight excluding hydrogens is 440 g/mol. The van der Waals surface area contributed by atoms with Crippen LogP contribution in [0.2, 0.25) is 0 Å². The Morgan fingerprint density at radius 2 is 1.64 bits per heavy atom. The van der Waals surface area contributed by atoms with Gasteiger partial charge in [0.05, 0.1) is 23.4 Å². The van der Waals surface area contributed by atoms with Gasteiger partial charge in [-0.1, -0.05) is 30.3 Å². The van der Waals surface area contributed by atoms with E-state index in [2.05, 4.69) is 10.4 Å². The Bertz CT molecular complexity index is 1360. The summed E-state index contributed by atoms with van der Waals surface area (Å²) >= 11 is 0. The van der Waals surface area contributed by atoms with Gasteiger partial charge in [0.15, 0.2) is 0 Å². The molecule has 0 aliphatic rings. The van der Waals surface area contributed by atoms with E-state index in [1.165, 1.54) is 24.3 Å². The van der Waals surface area contributed by atoms with Crippen molar-refractivity contribution in [1.82, 2.24) is 9.78 Å². The summed E-state index contributed by atoms with van der Waals surface area (Å²) in [5.41, 5.74) is 3.79. The lowest BCUT2D eigenvalue weighted by atomic mass is 10.1. The molecule has 0 fully saturated rings. The highest BCUT2D eigenvalue weighted by atomic mass is 32.2. The summed E-state index contributed by atoms with van der Waals surface area (Å²) in [6, 6.07) is 24.8. The first-order chi connectivity index (χ1) is 15.8. The van der Waals surface area contributed by atoms with Crippen LogP contribution in [0.15, 0.2) is 89.8 Å². The van der Waals surface area contributed by atoms with E-state index in [1.54, 1.807) is 11.8 Å². The average molecular weight is 463 g/mol. The van der Waals surface area contributed by atoms with Gasteiger partial charge in [-0.15, -0.1) is 0 Å². The molecule has 8 nitrogen and oxygen atoms in total. The third kappa shape index (κ3) is 5.28. The number of carbonyl (C=O) groups excluding carboxylic acids is 1. The van der Waals surface area contributed by atoms with Crippen molar-refractivity contribution in [1.29, 1.82) is 0 Å². The number of ether oxygens (including phenoxy) is 1. The van der Waals surface area contributed by atoms with Gasteiger partial charge < -0.3 is 10.1 Å².